The second-order valence-corrected chi connectivity index (χ2v) is 2.35. The quantitative estimate of drug-likeness (QED) is 0.648. The summed E-state index contributed by atoms with van der Waals surface area (Å²) in [5.74, 6) is 0. The maximum absolute atomic E-state index is 5.53. The van der Waals surface area contributed by atoms with E-state index in [9.17, 15) is 0 Å². The fraction of sp³-hybridized carbons (Fsp3) is 0.167. The summed E-state index contributed by atoms with van der Waals surface area (Å²) in [6.45, 7) is 0.353. The van der Waals surface area contributed by atoms with Gasteiger partial charge < -0.3 is 0 Å². The normalized spacial score (nSPS) is 9.80. The maximum Gasteiger partial charge on any atom is 0.129 e. The highest BCUT2D eigenvalue weighted by Crippen LogP contribution is 2.06. The minimum absolute atomic E-state index is 0.353. The average Bonchev–Trinajstić information content (AvgIpc) is 1.95. The lowest BCUT2D eigenvalue weighted by molar-refractivity contribution is 0.340. The molecule has 0 unspecified atom stereocenters. The van der Waals surface area contributed by atoms with Gasteiger partial charge in [-0.25, -0.2) is 4.98 Å². The fourth-order valence-electron chi connectivity index (χ4n) is 0.555. The predicted molar refractivity (Wildman–Crippen MR) is 39.9 cm³/mol. The Morgan fingerprint density at radius 2 is 2.30 bits per heavy atom. The summed E-state index contributed by atoms with van der Waals surface area (Å²) in [6.07, 6.45) is 1.62. The van der Waals surface area contributed by atoms with Crippen molar-refractivity contribution >= 4 is 23.5 Å². The van der Waals surface area contributed by atoms with Gasteiger partial charge in [-0.15, -0.1) is 0 Å². The third kappa shape index (κ3) is 2.14. The summed E-state index contributed by atoms with van der Waals surface area (Å²) in [7, 11) is 0. The zero-order valence-electron chi connectivity index (χ0n) is 5.05. The van der Waals surface area contributed by atoms with Crippen molar-refractivity contribution in [3.05, 3.63) is 29.0 Å². The first-order valence-electron chi connectivity index (χ1n) is 2.67. The lowest BCUT2D eigenvalue weighted by Crippen LogP contribution is -1.84. The third-order valence-corrected chi connectivity index (χ3v) is 1.34. The Balaban J connectivity index is 2.69. The highest BCUT2D eigenvalue weighted by Gasteiger charge is 1.91. The van der Waals surface area contributed by atoms with E-state index in [1.54, 1.807) is 18.3 Å². The highest BCUT2D eigenvalue weighted by molar-refractivity contribution is 6.29. The van der Waals surface area contributed by atoms with E-state index >= 15 is 0 Å². The van der Waals surface area contributed by atoms with Gasteiger partial charge in [0.2, 0.25) is 0 Å². The Morgan fingerprint density at radius 3 is 2.80 bits per heavy atom. The van der Waals surface area contributed by atoms with Gasteiger partial charge in [-0.05, 0) is 11.6 Å². The first-order valence-corrected chi connectivity index (χ1v) is 3.35. The molecule has 0 fully saturated rings. The minimum atomic E-state index is 0.353. The Hall–Kier alpha value is -0.310. The van der Waals surface area contributed by atoms with Crippen LogP contribution in [0.4, 0.5) is 0 Å². The van der Waals surface area contributed by atoms with E-state index in [-0.39, 0.29) is 0 Å². The van der Waals surface area contributed by atoms with Gasteiger partial charge in [0.1, 0.15) is 5.15 Å². The van der Waals surface area contributed by atoms with Crippen molar-refractivity contribution in [3.63, 3.8) is 0 Å². The van der Waals surface area contributed by atoms with Crippen LogP contribution in [0.1, 0.15) is 5.56 Å². The molecular weight excluding hydrogens is 173 g/mol. The number of aromatic nitrogens is 1. The molecule has 0 aliphatic rings. The molecule has 0 spiro atoms. The summed E-state index contributed by atoms with van der Waals surface area (Å²) >= 11 is 10.5. The van der Waals surface area contributed by atoms with Crippen molar-refractivity contribution in [2.24, 2.45) is 0 Å². The summed E-state index contributed by atoms with van der Waals surface area (Å²) in [4.78, 5) is 3.82. The average molecular weight is 178 g/mol. The van der Waals surface area contributed by atoms with Crippen LogP contribution in [-0.2, 0) is 10.9 Å². The van der Waals surface area contributed by atoms with E-state index in [0.29, 0.717) is 11.8 Å². The molecule has 0 bridgehead atoms. The van der Waals surface area contributed by atoms with E-state index < -0.39 is 0 Å². The van der Waals surface area contributed by atoms with Crippen LogP contribution >= 0.6 is 23.5 Å². The maximum atomic E-state index is 5.53. The molecular formula is C6H5Cl2NO. The third-order valence-electron chi connectivity index (χ3n) is 1.01. The molecule has 0 radical (unpaired) electrons. The van der Waals surface area contributed by atoms with Crippen molar-refractivity contribution in [1.82, 2.24) is 4.98 Å². The van der Waals surface area contributed by atoms with Crippen molar-refractivity contribution < 1.29 is 4.29 Å². The zero-order valence-corrected chi connectivity index (χ0v) is 6.56. The van der Waals surface area contributed by atoms with Crippen LogP contribution in [0, 0.1) is 0 Å². The standard InChI is InChI=1S/C6H5Cl2NO/c7-6-2-1-5(3-9-6)4-10-8/h1-3H,4H2. The molecule has 0 aliphatic carbocycles. The van der Waals surface area contributed by atoms with Crippen LogP contribution < -0.4 is 0 Å². The Morgan fingerprint density at radius 1 is 1.50 bits per heavy atom. The van der Waals surface area contributed by atoms with E-state index in [1.165, 1.54) is 0 Å². The van der Waals surface area contributed by atoms with Crippen LogP contribution in [0.3, 0.4) is 0 Å². The van der Waals surface area contributed by atoms with E-state index in [1.807, 2.05) is 0 Å². The topological polar surface area (TPSA) is 22.1 Å². The van der Waals surface area contributed by atoms with Gasteiger partial charge in [-0.3, -0.25) is 4.29 Å². The second-order valence-electron chi connectivity index (χ2n) is 1.74. The van der Waals surface area contributed by atoms with Crippen LogP contribution in [0.5, 0.6) is 0 Å². The molecule has 1 aromatic heterocycles. The van der Waals surface area contributed by atoms with Gasteiger partial charge >= 0.3 is 0 Å². The number of pyridine rings is 1. The fourth-order valence-corrected chi connectivity index (χ4v) is 0.793. The number of nitrogens with zero attached hydrogens (tertiary/aromatic N) is 1. The lowest BCUT2D eigenvalue weighted by atomic mass is 10.3. The smallest absolute Gasteiger partial charge is 0.129 e. The van der Waals surface area contributed by atoms with Crippen molar-refractivity contribution in [3.8, 4) is 0 Å². The summed E-state index contributed by atoms with van der Waals surface area (Å²) in [6, 6.07) is 3.49. The van der Waals surface area contributed by atoms with Crippen molar-refractivity contribution in [2.45, 2.75) is 6.61 Å². The van der Waals surface area contributed by atoms with Gasteiger partial charge in [-0.1, -0.05) is 17.7 Å². The van der Waals surface area contributed by atoms with E-state index in [4.69, 9.17) is 23.5 Å². The molecule has 0 atom stereocenters. The molecule has 0 N–H and O–H groups in total. The van der Waals surface area contributed by atoms with Gasteiger partial charge in [0.05, 0.1) is 18.5 Å². The van der Waals surface area contributed by atoms with Crippen molar-refractivity contribution in [1.29, 1.82) is 0 Å². The molecule has 0 aromatic carbocycles. The molecule has 0 aliphatic heterocycles. The molecule has 0 saturated heterocycles. The molecule has 1 aromatic rings. The van der Waals surface area contributed by atoms with Crippen LogP contribution in [0.25, 0.3) is 0 Å². The second kappa shape index (κ2) is 3.76. The van der Waals surface area contributed by atoms with Gasteiger partial charge in [0.15, 0.2) is 0 Å². The van der Waals surface area contributed by atoms with Crippen LogP contribution in [0.15, 0.2) is 18.3 Å². The van der Waals surface area contributed by atoms with Gasteiger partial charge in [0, 0.05) is 6.20 Å². The minimum Gasteiger partial charge on any atom is -0.274 e. The Bertz CT molecular complexity index is 199. The highest BCUT2D eigenvalue weighted by atomic mass is 35.5. The molecule has 2 nitrogen and oxygen atoms in total. The van der Waals surface area contributed by atoms with Gasteiger partial charge in [-0.2, -0.15) is 0 Å². The number of halogens is 2. The predicted octanol–water partition coefficient (Wildman–Crippen LogP) is 2.41. The molecule has 0 saturated carbocycles. The number of hydrogen-bond donors (Lipinski definition) is 0. The first-order chi connectivity index (χ1) is 4.83. The molecule has 54 valence electrons. The Labute approximate surface area is 68.9 Å². The van der Waals surface area contributed by atoms with Crippen LogP contribution in [0.2, 0.25) is 5.15 Å². The molecule has 1 heterocycles. The molecule has 1 rings (SSSR count). The van der Waals surface area contributed by atoms with E-state index in [2.05, 4.69) is 9.27 Å². The summed E-state index contributed by atoms with van der Waals surface area (Å²) < 4.78 is 4.36. The SMILES string of the molecule is ClOCc1ccc(Cl)nc1. The monoisotopic (exact) mass is 177 g/mol. The number of rotatable bonds is 2. The molecule has 0 amide bonds. The first kappa shape index (κ1) is 7.79. The van der Waals surface area contributed by atoms with Crippen LogP contribution in [-0.4, -0.2) is 4.98 Å². The lowest BCUT2D eigenvalue weighted by Gasteiger charge is -1.94. The summed E-state index contributed by atoms with van der Waals surface area (Å²) in [5.41, 5.74) is 0.902. The zero-order chi connectivity index (χ0) is 7.40. The molecule has 4 heteroatoms. The van der Waals surface area contributed by atoms with E-state index in [0.717, 1.165) is 5.56 Å². The Kier molecular flexibility index (Phi) is 2.93. The van der Waals surface area contributed by atoms with Crippen molar-refractivity contribution in [2.75, 3.05) is 0 Å². The largest absolute Gasteiger partial charge is 0.274 e. The number of hydrogen-bond acceptors (Lipinski definition) is 2. The summed E-state index contributed by atoms with van der Waals surface area (Å²) in [5, 5.41) is 0.471. The van der Waals surface area contributed by atoms with Gasteiger partial charge in [0.25, 0.3) is 0 Å². The molecule has 10 heavy (non-hydrogen) atoms.